The molecule has 0 fully saturated rings. The van der Waals surface area contributed by atoms with Gasteiger partial charge in [-0.2, -0.15) is 0 Å². The van der Waals surface area contributed by atoms with Crippen LogP contribution < -0.4 is 5.56 Å². The largest absolute Gasteiger partial charge is 0.293 e. The standard InChI is InChI=1S/C13H10N4O/c18-13-11-5-3-7-15-12(11)16-9-17(13)8-10-4-1-2-6-14-10/h1-7,9H,8H2. The Morgan fingerprint density at radius 3 is 2.72 bits per heavy atom. The first-order valence-corrected chi connectivity index (χ1v) is 5.55. The van der Waals surface area contributed by atoms with Crippen LogP contribution in [0, 0.1) is 0 Å². The topological polar surface area (TPSA) is 60.7 Å². The molecule has 5 nitrogen and oxygen atoms in total. The molecule has 5 heteroatoms. The van der Waals surface area contributed by atoms with Gasteiger partial charge >= 0.3 is 0 Å². The molecule has 0 aliphatic heterocycles. The molecule has 3 rings (SSSR count). The highest BCUT2D eigenvalue weighted by Crippen LogP contribution is 2.02. The molecule has 3 aromatic rings. The summed E-state index contributed by atoms with van der Waals surface area (Å²) in [5, 5.41) is 0.524. The average Bonchev–Trinajstić information content (AvgIpc) is 2.43. The number of fused-ring (bicyclic) bond motifs is 1. The third-order valence-electron chi connectivity index (χ3n) is 2.66. The van der Waals surface area contributed by atoms with Crippen molar-refractivity contribution in [2.24, 2.45) is 0 Å². The molecule has 88 valence electrons. The quantitative estimate of drug-likeness (QED) is 0.673. The fourth-order valence-electron chi connectivity index (χ4n) is 1.78. The summed E-state index contributed by atoms with van der Waals surface area (Å²) in [6, 6.07) is 9.07. The summed E-state index contributed by atoms with van der Waals surface area (Å²) in [6.07, 6.45) is 4.83. The zero-order valence-corrected chi connectivity index (χ0v) is 9.52. The average molecular weight is 238 g/mol. The molecule has 3 heterocycles. The fourth-order valence-corrected chi connectivity index (χ4v) is 1.78. The van der Waals surface area contributed by atoms with Gasteiger partial charge in [0.2, 0.25) is 0 Å². The molecule has 0 unspecified atom stereocenters. The van der Waals surface area contributed by atoms with Crippen LogP contribution in [0.15, 0.2) is 53.8 Å². The van der Waals surface area contributed by atoms with Crippen molar-refractivity contribution in [3.05, 3.63) is 65.1 Å². The first kappa shape index (κ1) is 10.6. The van der Waals surface area contributed by atoms with E-state index in [4.69, 9.17) is 0 Å². The van der Waals surface area contributed by atoms with Crippen LogP contribution in [0.5, 0.6) is 0 Å². The van der Waals surface area contributed by atoms with Gasteiger partial charge in [0.05, 0.1) is 17.6 Å². The van der Waals surface area contributed by atoms with E-state index in [2.05, 4.69) is 15.0 Å². The van der Waals surface area contributed by atoms with E-state index in [0.29, 0.717) is 17.6 Å². The molecule has 0 saturated heterocycles. The van der Waals surface area contributed by atoms with E-state index < -0.39 is 0 Å². The Morgan fingerprint density at radius 2 is 1.89 bits per heavy atom. The summed E-state index contributed by atoms with van der Waals surface area (Å²) < 4.78 is 1.53. The molecule has 0 atom stereocenters. The molecule has 0 aromatic carbocycles. The fraction of sp³-hybridized carbons (Fsp3) is 0.0769. The number of aromatic nitrogens is 4. The van der Waals surface area contributed by atoms with Crippen molar-refractivity contribution in [1.82, 2.24) is 19.5 Å². The van der Waals surface area contributed by atoms with Crippen LogP contribution in [-0.4, -0.2) is 19.5 Å². The van der Waals surface area contributed by atoms with Crippen molar-refractivity contribution in [3.63, 3.8) is 0 Å². The van der Waals surface area contributed by atoms with Crippen LogP contribution in [0.1, 0.15) is 5.69 Å². The van der Waals surface area contributed by atoms with Crippen LogP contribution in [0.25, 0.3) is 11.0 Å². The number of hydrogen-bond acceptors (Lipinski definition) is 4. The summed E-state index contributed by atoms with van der Waals surface area (Å²) in [5.41, 5.74) is 1.20. The van der Waals surface area contributed by atoms with Gasteiger partial charge < -0.3 is 0 Å². The van der Waals surface area contributed by atoms with Crippen LogP contribution in [0.3, 0.4) is 0 Å². The minimum atomic E-state index is -0.0984. The molecule has 0 bridgehead atoms. The summed E-state index contributed by atoms with van der Waals surface area (Å²) in [5.74, 6) is 0. The minimum absolute atomic E-state index is 0.0984. The highest BCUT2D eigenvalue weighted by Gasteiger charge is 2.04. The smallest absolute Gasteiger partial charge is 0.263 e. The summed E-state index contributed by atoms with van der Waals surface area (Å²) in [6.45, 7) is 0.414. The second-order valence-corrected chi connectivity index (χ2v) is 3.87. The van der Waals surface area contributed by atoms with Gasteiger partial charge in [0.1, 0.15) is 6.33 Å². The minimum Gasteiger partial charge on any atom is -0.293 e. The lowest BCUT2D eigenvalue weighted by Crippen LogP contribution is -2.21. The van der Waals surface area contributed by atoms with E-state index in [1.807, 2.05) is 18.2 Å². The lowest BCUT2D eigenvalue weighted by molar-refractivity contribution is 0.728. The number of hydrogen-bond donors (Lipinski definition) is 0. The van der Waals surface area contributed by atoms with E-state index in [-0.39, 0.29) is 5.56 Å². The monoisotopic (exact) mass is 238 g/mol. The Hall–Kier alpha value is -2.56. The van der Waals surface area contributed by atoms with Crippen molar-refractivity contribution >= 4 is 11.0 Å². The van der Waals surface area contributed by atoms with Crippen molar-refractivity contribution in [3.8, 4) is 0 Å². The second-order valence-electron chi connectivity index (χ2n) is 3.87. The highest BCUT2D eigenvalue weighted by molar-refractivity contribution is 5.72. The maximum absolute atomic E-state index is 12.2. The third kappa shape index (κ3) is 1.86. The summed E-state index contributed by atoms with van der Waals surface area (Å²) in [7, 11) is 0. The normalized spacial score (nSPS) is 10.7. The number of pyridine rings is 2. The summed E-state index contributed by atoms with van der Waals surface area (Å²) >= 11 is 0. The molecule has 0 radical (unpaired) electrons. The van der Waals surface area contributed by atoms with Gasteiger partial charge in [0.25, 0.3) is 5.56 Å². The zero-order chi connectivity index (χ0) is 12.4. The molecule has 0 aliphatic carbocycles. The maximum atomic E-state index is 12.2. The van der Waals surface area contributed by atoms with E-state index in [1.54, 1.807) is 24.5 Å². The Kier molecular flexibility index (Phi) is 2.57. The van der Waals surface area contributed by atoms with Crippen molar-refractivity contribution in [2.75, 3.05) is 0 Å². The van der Waals surface area contributed by atoms with Crippen LogP contribution >= 0.6 is 0 Å². The Bertz CT molecular complexity index is 737. The Balaban J connectivity index is 2.08. The van der Waals surface area contributed by atoms with Crippen molar-refractivity contribution in [2.45, 2.75) is 6.54 Å². The molecule has 18 heavy (non-hydrogen) atoms. The first-order chi connectivity index (χ1) is 8.84. The van der Waals surface area contributed by atoms with Crippen LogP contribution in [0.4, 0.5) is 0 Å². The van der Waals surface area contributed by atoms with Crippen LogP contribution in [0.2, 0.25) is 0 Å². The lowest BCUT2D eigenvalue weighted by Gasteiger charge is -2.05. The molecule has 0 saturated carbocycles. The van der Waals surface area contributed by atoms with Gasteiger partial charge in [-0.25, -0.2) is 9.97 Å². The van der Waals surface area contributed by atoms with Crippen molar-refractivity contribution < 1.29 is 0 Å². The maximum Gasteiger partial charge on any atom is 0.263 e. The molecule has 0 spiro atoms. The SMILES string of the molecule is O=c1c2cccnc2ncn1Cc1ccccn1. The van der Waals surface area contributed by atoms with E-state index >= 15 is 0 Å². The second kappa shape index (κ2) is 4.37. The van der Waals surface area contributed by atoms with E-state index in [0.717, 1.165) is 5.69 Å². The van der Waals surface area contributed by atoms with Gasteiger partial charge in [0, 0.05) is 12.4 Å². The number of rotatable bonds is 2. The molecule has 0 N–H and O–H groups in total. The number of nitrogens with zero attached hydrogens (tertiary/aromatic N) is 4. The Morgan fingerprint density at radius 1 is 1.00 bits per heavy atom. The zero-order valence-electron chi connectivity index (χ0n) is 9.52. The van der Waals surface area contributed by atoms with Gasteiger partial charge in [-0.3, -0.25) is 14.3 Å². The van der Waals surface area contributed by atoms with E-state index in [9.17, 15) is 4.79 Å². The molecule has 3 aromatic heterocycles. The molecular formula is C13H10N4O. The van der Waals surface area contributed by atoms with Gasteiger partial charge in [-0.1, -0.05) is 6.07 Å². The highest BCUT2D eigenvalue weighted by atomic mass is 16.1. The van der Waals surface area contributed by atoms with Crippen LogP contribution in [-0.2, 0) is 6.54 Å². The first-order valence-electron chi connectivity index (χ1n) is 5.55. The lowest BCUT2D eigenvalue weighted by atomic mass is 10.3. The third-order valence-corrected chi connectivity index (χ3v) is 2.66. The summed E-state index contributed by atoms with van der Waals surface area (Å²) in [4.78, 5) is 24.6. The Labute approximate surface area is 103 Å². The van der Waals surface area contributed by atoms with Crippen molar-refractivity contribution in [1.29, 1.82) is 0 Å². The van der Waals surface area contributed by atoms with Gasteiger partial charge in [0.15, 0.2) is 5.65 Å². The molecule has 0 amide bonds. The van der Waals surface area contributed by atoms with Gasteiger partial charge in [-0.05, 0) is 24.3 Å². The predicted octanol–water partition coefficient (Wildman–Crippen LogP) is 1.23. The molecule has 0 aliphatic rings. The molecular weight excluding hydrogens is 228 g/mol. The predicted molar refractivity (Wildman–Crippen MR) is 67.1 cm³/mol. The van der Waals surface area contributed by atoms with Gasteiger partial charge in [-0.15, -0.1) is 0 Å². The van der Waals surface area contributed by atoms with E-state index in [1.165, 1.54) is 10.9 Å².